The summed E-state index contributed by atoms with van der Waals surface area (Å²) in [5.41, 5.74) is 24.2. The molecule has 2 heteroatoms. The minimum atomic E-state index is -0.626. The van der Waals surface area contributed by atoms with Gasteiger partial charge in [0.05, 0.1) is 11.1 Å². The Kier molecular flexibility index (Phi) is 9.50. The molecule has 0 saturated heterocycles. The van der Waals surface area contributed by atoms with Gasteiger partial charge in [0.2, 0.25) is 0 Å². The van der Waals surface area contributed by atoms with Crippen LogP contribution < -0.4 is 4.90 Å². The number of rotatable bonds is 7. The first-order valence-corrected chi connectivity index (χ1v) is 25.1. The smallest absolute Gasteiger partial charge is 0.135 e. The van der Waals surface area contributed by atoms with Crippen molar-refractivity contribution in [2.75, 3.05) is 4.90 Å². The number of hydrogen-bond acceptors (Lipinski definition) is 2. The molecule has 72 heavy (non-hydrogen) atoms. The van der Waals surface area contributed by atoms with Crippen LogP contribution in [0, 0.1) is 0 Å². The fourth-order valence-corrected chi connectivity index (χ4v) is 12.4. The van der Waals surface area contributed by atoms with E-state index < -0.39 is 5.41 Å². The Morgan fingerprint density at radius 2 is 0.792 bits per heavy atom. The first-order valence-electron chi connectivity index (χ1n) is 25.1. The molecular formula is C70H49NO. The summed E-state index contributed by atoms with van der Waals surface area (Å²) in [5.74, 6) is 0. The Morgan fingerprint density at radius 1 is 0.306 bits per heavy atom. The van der Waals surface area contributed by atoms with Gasteiger partial charge in [0.1, 0.15) is 11.2 Å². The van der Waals surface area contributed by atoms with Crippen LogP contribution in [0.25, 0.3) is 77.6 Å². The average Bonchev–Trinajstić information content (AvgIpc) is 3.89. The van der Waals surface area contributed by atoms with Crippen LogP contribution in [-0.4, -0.2) is 0 Å². The summed E-state index contributed by atoms with van der Waals surface area (Å²) in [6.07, 6.45) is 0. The van der Waals surface area contributed by atoms with Crippen molar-refractivity contribution >= 4 is 39.0 Å². The normalized spacial score (nSPS) is 13.6. The van der Waals surface area contributed by atoms with Crippen molar-refractivity contribution in [3.8, 4) is 55.6 Å². The van der Waals surface area contributed by atoms with E-state index in [1.165, 1.54) is 89.0 Å². The number of hydrogen-bond donors (Lipinski definition) is 0. The fraction of sp³-hybridized carbons (Fsp3) is 0.0571. The zero-order chi connectivity index (χ0) is 48.0. The summed E-state index contributed by atoms with van der Waals surface area (Å²) >= 11 is 0. The molecule has 14 rings (SSSR count). The number of fused-ring (bicyclic) bond motifs is 11. The summed E-state index contributed by atoms with van der Waals surface area (Å²) in [5, 5.41) is 2.29. The zero-order valence-electron chi connectivity index (χ0n) is 40.2. The molecule has 340 valence electrons. The minimum absolute atomic E-state index is 0.266. The molecule has 11 aromatic carbocycles. The first kappa shape index (κ1) is 41.9. The third-order valence-electron chi connectivity index (χ3n) is 15.8. The molecule has 12 aromatic rings. The third kappa shape index (κ3) is 6.28. The summed E-state index contributed by atoms with van der Waals surface area (Å²) in [6, 6.07) is 96.4. The van der Waals surface area contributed by atoms with E-state index in [0.29, 0.717) is 0 Å². The molecule has 0 atom stereocenters. The van der Waals surface area contributed by atoms with Crippen LogP contribution in [0.2, 0.25) is 0 Å². The van der Waals surface area contributed by atoms with Crippen molar-refractivity contribution in [1.82, 2.24) is 0 Å². The monoisotopic (exact) mass is 919 g/mol. The van der Waals surface area contributed by atoms with Crippen molar-refractivity contribution in [1.29, 1.82) is 0 Å². The lowest BCUT2D eigenvalue weighted by Gasteiger charge is -2.38. The molecule has 0 spiro atoms. The maximum Gasteiger partial charge on any atom is 0.135 e. The second-order valence-corrected chi connectivity index (χ2v) is 19.9. The molecule has 2 aliphatic rings. The second kappa shape index (κ2) is 16.3. The van der Waals surface area contributed by atoms with Crippen molar-refractivity contribution in [3.63, 3.8) is 0 Å². The van der Waals surface area contributed by atoms with Gasteiger partial charge >= 0.3 is 0 Å². The van der Waals surface area contributed by atoms with Gasteiger partial charge in [-0.05, 0) is 138 Å². The maximum atomic E-state index is 6.21. The van der Waals surface area contributed by atoms with E-state index in [1.807, 2.05) is 12.1 Å². The highest BCUT2D eigenvalue weighted by molar-refractivity contribution is 6.06. The number of nitrogens with zero attached hydrogens (tertiary/aromatic N) is 1. The van der Waals surface area contributed by atoms with Gasteiger partial charge in [-0.2, -0.15) is 0 Å². The van der Waals surface area contributed by atoms with Crippen molar-refractivity contribution < 1.29 is 4.42 Å². The molecule has 0 radical (unpaired) electrons. The van der Waals surface area contributed by atoms with E-state index in [0.717, 1.165) is 39.0 Å². The SMILES string of the molecule is CC1(C)c2cc(-c3ccc4oc5ccccc5c4c3)ccc2-c2ccc(N(c3ccc(C4(c5ccccc5)c5ccccc5-c5ccccc5-c5ccccc54)cc3)c3ccccc3-c3ccccc3)cc21. The summed E-state index contributed by atoms with van der Waals surface area (Å²) < 4.78 is 6.21. The largest absolute Gasteiger partial charge is 0.456 e. The average molecular weight is 920 g/mol. The van der Waals surface area contributed by atoms with Crippen LogP contribution >= 0.6 is 0 Å². The van der Waals surface area contributed by atoms with Gasteiger partial charge < -0.3 is 9.32 Å². The molecule has 2 nitrogen and oxygen atoms in total. The lowest BCUT2D eigenvalue weighted by Crippen LogP contribution is -2.31. The number of furan rings is 1. The minimum Gasteiger partial charge on any atom is -0.456 e. The topological polar surface area (TPSA) is 16.4 Å². The molecule has 0 N–H and O–H groups in total. The Labute approximate surface area is 420 Å². The quantitative estimate of drug-likeness (QED) is 0.158. The molecular weight excluding hydrogens is 871 g/mol. The Balaban J connectivity index is 0.935. The van der Waals surface area contributed by atoms with Crippen molar-refractivity contribution in [2.45, 2.75) is 24.7 Å². The van der Waals surface area contributed by atoms with Crippen molar-refractivity contribution in [2.24, 2.45) is 0 Å². The lowest BCUT2D eigenvalue weighted by molar-refractivity contribution is 0.660. The summed E-state index contributed by atoms with van der Waals surface area (Å²) in [4.78, 5) is 2.47. The highest BCUT2D eigenvalue weighted by Gasteiger charge is 2.44. The zero-order valence-corrected chi connectivity index (χ0v) is 40.2. The molecule has 0 unspecified atom stereocenters. The standard InChI is InChI=1S/C70H49NO/c1-69(2)64-44-48(47-34-42-68-61(43-47)60-28-14-18-32-67(60)72-68)33-40-58(64)59-41-39-52(45-65(59)69)71(66-31-17-13-23-53(66)46-19-5-3-6-20-46)51-37-35-50(36-38-51)70(49-21-7-4-8-22-49)62-29-15-11-26-56(62)54-24-9-10-25-55(54)57-27-12-16-30-63(57)70/h3-45H,1-2H3. The highest BCUT2D eigenvalue weighted by Crippen LogP contribution is 2.56. The predicted octanol–water partition coefficient (Wildman–Crippen LogP) is 18.7. The van der Waals surface area contributed by atoms with Gasteiger partial charge in [-0.25, -0.2) is 0 Å². The second-order valence-electron chi connectivity index (χ2n) is 19.9. The fourth-order valence-electron chi connectivity index (χ4n) is 12.4. The highest BCUT2D eigenvalue weighted by atomic mass is 16.3. The number of benzene rings is 11. The maximum absolute atomic E-state index is 6.21. The van der Waals surface area contributed by atoms with E-state index in [2.05, 4.69) is 267 Å². The van der Waals surface area contributed by atoms with E-state index in [-0.39, 0.29) is 5.41 Å². The third-order valence-corrected chi connectivity index (χ3v) is 15.8. The molecule has 0 saturated carbocycles. The van der Waals surface area contributed by atoms with E-state index >= 15 is 0 Å². The van der Waals surface area contributed by atoms with Gasteiger partial charge in [-0.15, -0.1) is 0 Å². The van der Waals surface area contributed by atoms with Gasteiger partial charge in [0.15, 0.2) is 0 Å². The molecule has 2 aliphatic carbocycles. The van der Waals surface area contributed by atoms with Crippen LogP contribution in [0.15, 0.2) is 265 Å². The summed E-state index contributed by atoms with van der Waals surface area (Å²) in [7, 11) is 0. The van der Waals surface area contributed by atoms with Crippen LogP contribution in [0.4, 0.5) is 17.1 Å². The van der Waals surface area contributed by atoms with E-state index in [4.69, 9.17) is 4.42 Å². The Bertz CT molecular complexity index is 4000. The predicted molar refractivity (Wildman–Crippen MR) is 300 cm³/mol. The molecule has 1 heterocycles. The van der Waals surface area contributed by atoms with Crippen molar-refractivity contribution in [3.05, 3.63) is 294 Å². The van der Waals surface area contributed by atoms with E-state index in [1.54, 1.807) is 0 Å². The van der Waals surface area contributed by atoms with Gasteiger partial charge in [0, 0.05) is 33.1 Å². The number of para-hydroxylation sites is 2. The molecule has 0 fully saturated rings. The number of anilines is 3. The van der Waals surface area contributed by atoms with Crippen LogP contribution in [0.3, 0.4) is 0 Å². The van der Waals surface area contributed by atoms with Gasteiger partial charge in [0.25, 0.3) is 0 Å². The summed E-state index contributed by atoms with van der Waals surface area (Å²) in [6.45, 7) is 4.78. The van der Waals surface area contributed by atoms with Crippen LogP contribution in [0.1, 0.15) is 47.2 Å². The van der Waals surface area contributed by atoms with Crippen LogP contribution in [0.5, 0.6) is 0 Å². The van der Waals surface area contributed by atoms with E-state index in [9.17, 15) is 0 Å². The Morgan fingerprint density at radius 3 is 1.50 bits per heavy atom. The molecule has 0 aliphatic heterocycles. The molecule has 0 bridgehead atoms. The lowest BCUT2D eigenvalue weighted by atomic mass is 9.63. The molecule has 0 amide bonds. The Hall–Kier alpha value is -8.98. The van der Waals surface area contributed by atoms with Gasteiger partial charge in [-0.3, -0.25) is 0 Å². The first-order chi connectivity index (χ1) is 35.5. The van der Waals surface area contributed by atoms with Crippen LogP contribution in [-0.2, 0) is 10.8 Å². The van der Waals surface area contributed by atoms with Gasteiger partial charge in [-0.1, -0.05) is 220 Å². The molecule has 1 aromatic heterocycles.